The molecule has 2 aromatic carbocycles. The van der Waals surface area contributed by atoms with Crippen LogP contribution in [0, 0.1) is 12.7 Å². The SMILES string of the molecule is Cc1cc(C(N)CCc2ccccc2)ccc1F.Cl. The van der Waals surface area contributed by atoms with Gasteiger partial charge in [0, 0.05) is 6.04 Å². The minimum Gasteiger partial charge on any atom is -0.324 e. The second kappa shape index (κ2) is 7.27. The zero-order valence-corrected chi connectivity index (χ0v) is 11.8. The lowest BCUT2D eigenvalue weighted by Crippen LogP contribution is -2.11. The average Bonchev–Trinajstić information content (AvgIpc) is 2.40. The van der Waals surface area contributed by atoms with Crippen molar-refractivity contribution in [2.45, 2.75) is 25.8 Å². The highest BCUT2D eigenvalue weighted by Crippen LogP contribution is 2.19. The molecule has 0 radical (unpaired) electrons. The maximum absolute atomic E-state index is 13.2. The van der Waals surface area contributed by atoms with Crippen LogP contribution in [0.5, 0.6) is 0 Å². The Kier molecular flexibility index (Phi) is 6.00. The molecular weight excluding hydrogens is 261 g/mol. The molecule has 2 N–H and O–H groups in total. The fourth-order valence-electron chi connectivity index (χ4n) is 2.03. The predicted molar refractivity (Wildman–Crippen MR) is 80.1 cm³/mol. The summed E-state index contributed by atoms with van der Waals surface area (Å²) in [5, 5.41) is 0. The Balaban J connectivity index is 0.00000180. The molecule has 3 heteroatoms. The van der Waals surface area contributed by atoms with Crippen molar-refractivity contribution in [3.63, 3.8) is 0 Å². The normalized spacial score (nSPS) is 11.7. The third kappa shape index (κ3) is 4.34. The zero-order chi connectivity index (χ0) is 13.0. The minimum absolute atomic E-state index is 0. The first-order chi connectivity index (χ1) is 8.66. The Bertz CT molecular complexity index is 513. The van der Waals surface area contributed by atoms with E-state index in [0.717, 1.165) is 18.4 Å². The first kappa shape index (κ1) is 15.7. The quantitative estimate of drug-likeness (QED) is 0.892. The van der Waals surface area contributed by atoms with Crippen LogP contribution in [0.2, 0.25) is 0 Å². The maximum Gasteiger partial charge on any atom is 0.126 e. The van der Waals surface area contributed by atoms with Gasteiger partial charge in [0.25, 0.3) is 0 Å². The van der Waals surface area contributed by atoms with Crippen molar-refractivity contribution in [2.24, 2.45) is 5.73 Å². The van der Waals surface area contributed by atoms with Gasteiger partial charge < -0.3 is 5.73 Å². The Morgan fingerprint density at radius 1 is 1.11 bits per heavy atom. The van der Waals surface area contributed by atoms with Gasteiger partial charge >= 0.3 is 0 Å². The Morgan fingerprint density at radius 3 is 2.42 bits per heavy atom. The van der Waals surface area contributed by atoms with Crippen molar-refractivity contribution in [1.82, 2.24) is 0 Å². The van der Waals surface area contributed by atoms with Crippen LogP contribution in [0.25, 0.3) is 0 Å². The fraction of sp³-hybridized carbons (Fsp3) is 0.250. The summed E-state index contributed by atoms with van der Waals surface area (Å²) in [6, 6.07) is 15.3. The van der Waals surface area contributed by atoms with E-state index < -0.39 is 0 Å². The number of aryl methyl sites for hydroxylation is 2. The zero-order valence-electron chi connectivity index (χ0n) is 11.0. The molecule has 0 spiro atoms. The second-order valence-electron chi connectivity index (χ2n) is 4.64. The molecule has 102 valence electrons. The van der Waals surface area contributed by atoms with E-state index >= 15 is 0 Å². The monoisotopic (exact) mass is 279 g/mol. The van der Waals surface area contributed by atoms with E-state index in [9.17, 15) is 4.39 Å². The number of nitrogens with two attached hydrogens (primary N) is 1. The van der Waals surface area contributed by atoms with Gasteiger partial charge in [-0.3, -0.25) is 0 Å². The van der Waals surface area contributed by atoms with Gasteiger partial charge in [0.1, 0.15) is 5.82 Å². The van der Waals surface area contributed by atoms with Crippen LogP contribution in [0.4, 0.5) is 4.39 Å². The molecule has 0 fully saturated rings. The molecule has 0 aliphatic rings. The Morgan fingerprint density at radius 2 is 1.79 bits per heavy atom. The van der Waals surface area contributed by atoms with Crippen LogP contribution in [0.1, 0.15) is 29.2 Å². The molecule has 0 saturated heterocycles. The highest BCUT2D eigenvalue weighted by Gasteiger charge is 2.08. The van der Waals surface area contributed by atoms with Crippen LogP contribution in [0.15, 0.2) is 48.5 Å². The lowest BCUT2D eigenvalue weighted by atomic mass is 9.98. The molecule has 0 bridgehead atoms. The van der Waals surface area contributed by atoms with E-state index in [1.54, 1.807) is 13.0 Å². The molecule has 2 rings (SSSR count). The summed E-state index contributed by atoms with van der Waals surface area (Å²) in [7, 11) is 0. The van der Waals surface area contributed by atoms with Crippen LogP contribution in [0.3, 0.4) is 0 Å². The molecule has 0 aliphatic heterocycles. The summed E-state index contributed by atoms with van der Waals surface area (Å²) in [5.74, 6) is -0.172. The van der Waals surface area contributed by atoms with Gasteiger partial charge in [-0.1, -0.05) is 42.5 Å². The van der Waals surface area contributed by atoms with Crippen LogP contribution < -0.4 is 5.73 Å². The smallest absolute Gasteiger partial charge is 0.126 e. The highest BCUT2D eigenvalue weighted by molar-refractivity contribution is 5.85. The standard InChI is InChI=1S/C16H18FN.ClH/c1-12-11-14(8-9-15(12)17)16(18)10-7-13-5-3-2-4-6-13;/h2-6,8-9,11,16H,7,10,18H2,1H3;1H. The third-order valence-corrected chi connectivity index (χ3v) is 3.20. The molecular formula is C16H19ClFN. The maximum atomic E-state index is 13.2. The van der Waals surface area contributed by atoms with Gasteiger partial charge in [-0.15, -0.1) is 12.4 Å². The van der Waals surface area contributed by atoms with Gasteiger partial charge in [-0.2, -0.15) is 0 Å². The summed E-state index contributed by atoms with van der Waals surface area (Å²) in [5.41, 5.74) is 9.08. The molecule has 0 amide bonds. The van der Waals surface area contributed by atoms with E-state index in [1.165, 1.54) is 11.6 Å². The first-order valence-corrected chi connectivity index (χ1v) is 6.22. The molecule has 0 saturated carbocycles. The van der Waals surface area contributed by atoms with Crippen LogP contribution in [-0.2, 0) is 6.42 Å². The lowest BCUT2D eigenvalue weighted by molar-refractivity contribution is 0.610. The summed E-state index contributed by atoms with van der Waals surface area (Å²) in [6.07, 6.45) is 1.81. The van der Waals surface area contributed by atoms with Gasteiger partial charge in [0.15, 0.2) is 0 Å². The molecule has 19 heavy (non-hydrogen) atoms. The molecule has 0 aliphatic carbocycles. The molecule has 1 nitrogen and oxygen atoms in total. The third-order valence-electron chi connectivity index (χ3n) is 3.20. The molecule has 1 atom stereocenters. The largest absolute Gasteiger partial charge is 0.324 e. The number of benzene rings is 2. The van der Waals surface area contributed by atoms with E-state index in [2.05, 4.69) is 12.1 Å². The van der Waals surface area contributed by atoms with Gasteiger partial charge in [0.05, 0.1) is 0 Å². The second-order valence-corrected chi connectivity index (χ2v) is 4.64. The van der Waals surface area contributed by atoms with Gasteiger partial charge in [-0.05, 0) is 42.5 Å². The lowest BCUT2D eigenvalue weighted by Gasteiger charge is -2.13. The number of hydrogen-bond acceptors (Lipinski definition) is 1. The summed E-state index contributed by atoms with van der Waals surface area (Å²) in [4.78, 5) is 0. The van der Waals surface area contributed by atoms with Crippen molar-refractivity contribution in [1.29, 1.82) is 0 Å². The van der Waals surface area contributed by atoms with E-state index in [0.29, 0.717) is 5.56 Å². The average molecular weight is 280 g/mol. The summed E-state index contributed by atoms with van der Waals surface area (Å²) < 4.78 is 13.2. The van der Waals surface area contributed by atoms with E-state index in [1.807, 2.05) is 24.3 Å². The van der Waals surface area contributed by atoms with E-state index in [-0.39, 0.29) is 24.3 Å². The number of halogens is 2. The fourth-order valence-corrected chi connectivity index (χ4v) is 2.03. The van der Waals surface area contributed by atoms with Crippen molar-refractivity contribution < 1.29 is 4.39 Å². The van der Waals surface area contributed by atoms with Crippen molar-refractivity contribution in [2.75, 3.05) is 0 Å². The van der Waals surface area contributed by atoms with Gasteiger partial charge in [-0.25, -0.2) is 4.39 Å². The van der Waals surface area contributed by atoms with Crippen molar-refractivity contribution in [3.8, 4) is 0 Å². The molecule has 0 heterocycles. The highest BCUT2D eigenvalue weighted by atomic mass is 35.5. The van der Waals surface area contributed by atoms with Crippen molar-refractivity contribution in [3.05, 3.63) is 71.0 Å². The van der Waals surface area contributed by atoms with Crippen molar-refractivity contribution >= 4 is 12.4 Å². The number of rotatable bonds is 4. The van der Waals surface area contributed by atoms with E-state index in [4.69, 9.17) is 5.73 Å². The number of hydrogen-bond donors (Lipinski definition) is 1. The Hall–Kier alpha value is -1.38. The Labute approximate surface area is 120 Å². The van der Waals surface area contributed by atoms with Crippen LogP contribution >= 0.6 is 12.4 Å². The first-order valence-electron chi connectivity index (χ1n) is 6.22. The molecule has 0 aromatic heterocycles. The predicted octanol–water partition coefficient (Wildman–Crippen LogP) is 4.19. The van der Waals surface area contributed by atoms with Crippen LogP contribution in [-0.4, -0.2) is 0 Å². The topological polar surface area (TPSA) is 26.0 Å². The summed E-state index contributed by atoms with van der Waals surface area (Å²) >= 11 is 0. The van der Waals surface area contributed by atoms with Gasteiger partial charge in [0.2, 0.25) is 0 Å². The molecule has 2 aromatic rings. The summed E-state index contributed by atoms with van der Waals surface area (Å²) in [6.45, 7) is 1.77. The minimum atomic E-state index is -0.172. The molecule has 1 unspecified atom stereocenters.